The number of hydrogen-bond acceptors (Lipinski definition) is 3. The minimum absolute atomic E-state index is 0.455. The second-order valence-corrected chi connectivity index (χ2v) is 5.85. The van der Waals surface area contributed by atoms with Gasteiger partial charge in [-0.1, -0.05) is 12.1 Å². The fraction of sp³-hybridized carbons (Fsp3) is 0.625. The lowest BCUT2D eigenvalue weighted by molar-refractivity contribution is 0.00584. The van der Waals surface area contributed by atoms with Crippen LogP contribution in [0.15, 0.2) is 24.3 Å². The summed E-state index contributed by atoms with van der Waals surface area (Å²) in [4.78, 5) is 2.56. The molecule has 19 heavy (non-hydrogen) atoms. The van der Waals surface area contributed by atoms with E-state index in [2.05, 4.69) is 24.0 Å². The molecule has 0 radical (unpaired) electrons. The van der Waals surface area contributed by atoms with Gasteiger partial charge in [0.25, 0.3) is 0 Å². The van der Waals surface area contributed by atoms with Crippen LogP contribution in [0.3, 0.4) is 0 Å². The van der Waals surface area contributed by atoms with Gasteiger partial charge < -0.3 is 9.47 Å². The van der Waals surface area contributed by atoms with Crippen LogP contribution >= 0.6 is 0 Å². The van der Waals surface area contributed by atoms with Crippen LogP contribution in [-0.4, -0.2) is 37.3 Å². The summed E-state index contributed by atoms with van der Waals surface area (Å²) >= 11 is 0. The molecule has 1 aromatic rings. The van der Waals surface area contributed by atoms with E-state index in [1.165, 1.54) is 24.9 Å². The number of benzene rings is 1. The summed E-state index contributed by atoms with van der Waals surface area (Å²) in [6.07, 6.45) is 3.38. The van der Waals surface area contributed by atoms with Gasteiger partial charge in [0, 0.05) is 25.6 Å². The van der Waals surface area contributed by atoms with Crippen molar-refractivity contribution < 1.29 is 9.47 Å². The third-order valence-corrected chi connectivity index (χ3v) is 4.36. The van der Waals surface area contributed by atoms with Crippen molar-refractivity contribution in [3.05, 3.63) is 29.8 Å². The standard InChI is InChI=1S/C16H23NO2/c1-12-9-14-11-17(8-7-16(14)19-12)10-13-3-5-15(18-2)6-4-13/h3-6,12,14,16H,7-11H2,1-2H3/t12-,14-,16-/m1/s1. The maximum atomic E-state index is 5.95. The third-order valence-electron chi connectivity index (χ3n) is 4.36. The van der Waals surface area contributed by atoms with E-state index in [9.17, 15) is 0 Å². The van der Waals surface area contributed by atoms with Gasteiger partial charge in [-0.3, -0.25) is 4.90 Å². The molecule has 3 atom stereocenters. The Hall–Kier alpha value is -1.06. The van der Waals surface area contributed by atoms with Crippen LogP contribution in [0.5, 0.6) is 5.75 Å². The molecule has 3 nitrogen and oxygen atoms in total. The van der Waals surface area contributed by atoms with Crippen molar-refractivity contribution in [2.24, 2.45) is 5.92 Å². The number of hydrogen-bond donors (Lipinski definition) is 0. The summed E-state index contributed by atoms with van der Waals surface area (Å²) in [5.41, 5.74) is 1.37. The highest BCUT2D eigenvalue weighted by molar-refractivity contribution is 5.27. The number of rotatable bonds is 3. The SMILES string of the molecule is COc1ccc(CN2CC[C@H]3O[C@H](C)C[C@@H]3C2)cc1. The summed E-state index contributed by atoms with van der Waals surface area (Å²) in [7, 11) is 1.71. The molecule has 2 heterocycles. The van der Waals surface area contributed by atoms with Gasteiger partial charge in [-0.15, -0.1) is 0 Å². The fourth-order valence-electron chi connectivity index (χ4n) is 3.40. The summed E-state index contributed by atoms with van der Waals surface area (Å²) in [5, 5.41) is 0. The van der Waals surface area contributed by atoms with E-state index in [1.54, 1.807) is 7.11 Å². The Labute approximate surface area is 115 Å². The first kappa shape index (κ1) is 12.9. The van der Waals surface area contributed by atoms with Crippen molar-refractivity contribution >= 4 is 0 Å². The predicted octanol–water partition coefficient (Wildman–Crippen LogP) is 2.69. The molecular weight excluding hydrogens is 238 g/mol. The predicted molar refractivity (Wildman–Crippen MR) is 75.3 cm³/mol. The van der Waals surface area contributed by atoms with Crippen molar-refractivity contribution in [3.63, 3.8) is 0 Å². The molecule has 3 heteroatoms. The first-order chi connectivity index (χ1) is 9.24. The summed E-state index contributed by atoms with van der Waals surface area (Å²) < 4.78 is 11.1. The molecule has 2 aliphatic rings. The van der Waals surface area contributed by atoms with E-state index in [1.807, 2.05) is 12.1 Å². The van der Waals surface area contributed by atoms with Gasteiger partial charge in [-0.2, -0.15) is 0 Å². The van der Waals surface area contributed by atoms with Gasteiger partial charge in [0.15, 0.2) is 0 Å². The molecule has 0 spiro atoms. The summed E-state index contributed by atoms with van der Waals surface area (Å²) in [6.45, 7) is 5.58. The lowest BCUT2D eigenvalue weighted by atomic mass is 9.93. The number of likely N-dealkylation sites (tertiary alicyclic amines) is 1. The van der Waals surface area contributed by atoms with E-state index < -0.39 is 0 Å². The second-order valence-electron chi connectivity index (χ2n) is 5.85. The monoisotopic (exact) mass is 261 g/mol. The van der Waals surface area contributed by atoms with Crippen LogP contribution in [0.2, 0.25) is 0 Å². The van der Waals surface area contributed by atoms with Gasteiger partial charge in [0.1, 0.15) is 5.75 Å². The van der Waals surface area contributed by atoms with Crippen LogP contribution in [0.25, 0.3) is 0 Å². The molecule has 104 valence electrons. The molecule has 2 saturated heterocycles. The fourth-order valence-corrected chi connectivity index (χ4v) is 3.40. The minimum atomic E-state index is 0.455. The molecular formula is C16H23NO2. The summed E-state index contributed by atoms with van der Waals surface area (Å²) in [6, 6.07) is 8.42. The van der Waals surface area contributed by atoms with E-state index in [-0.39, 0.29) is 0 Å². The Balaban J connectivity index is 1.58. The minimum Gasteiger partial charge on any atom is -0.497 e. The molecule has 3 rings (SSSR count). The maximum absolute atomic E-state index is 5.95. The lowest BCUT2D eigenvalue weighted by Crippen LogP contribution is -2.40. The maximum Gasteiger partial charge on any atom is 0.118 e. The average Bonchev–Trinajstić information content (AvgIpc) is 2.79. The summed E-state index contributed by atoms with van der Waals surface area (Å²) in [5.74, 6) is 1.67. The number of piperidine rings is 1. The van der Waals surface area contributed by atoms with Crippen LogP contribution in [0, 0.1) is 5.92 Å². The normalized spacial score (nSPS) is 31.2. The number of fused-ring (bicyclic) bond motifs is 1. The number of ether oxygens (including phenoxy) is 2. The Kier molecular flexibility index (Phi) is 3.76. The van der Waals surface area contributed by atoms with Gasteiger partial charge in [-0.25, -0.2) is 0 Å². The zero-order valence-corrected chi connectivity index (χ0v) is 11.8. The van der Waals surface area contributed by atoms with Crippen molar-refractivity contribution in [1.82, 2.24) is 4.90 Å². The highest BCUT2D eigenvalue weighted by atomic mass is 16.5. The van der Waals surface area contributed by atoms with Gasteiger partial charge in [0.2, 0.25) is 0 Å². The first-order valence-electron chi connectivity index (χ1n) is 7.25. The molecule has 0 amide bonds. The Bertz CT molecular complexity index is 417. The van der Waals surface area contributed by atoms with Crippen LogP contribution in [0.1, 0.15) is 25.3 Å². The van der Waals surface area contributed by atoms with Crippen LogP contribution in [0.4, 0.5) is 0 Å². The highest BCUT2D eigenvalue weighted by Gasteiger charge is 2.37. The lowest BCUT2D eigenvalue weighted by Gasteiger charge is -2.34. The Morgan fingerprint density at radius 3 is 2.84 bits per heavy atom. The molecule has 0 N–H and O–H groups in total. The third kappa shape index (κ3) is 2.93. The Morgan fingerprint density at radius 2 is 2.11 bits per heavy atom. The molecule has 1 aromatic carbocycles. The second kappa shape index (κ2) is 5.51. The van der Waals surface area contributed by atoms with E-state index >= 15 is 0 Å². The highest BCUT2D eigenvalue weighted by Crippen LogP contribution is 2.33. The van der Waals surface area contributed by atoms with Gasteiger partial charge >= 0.3 is 0 Å². The van der Waals surface area contributed by atoms with Gasteiger partial charge in [0.05, 0.1) is 19.3 Å². The first-order valence-corrected chi connectivity index (χ1v) is 7.25. The zero-order valence-electron chi connectivity index (χ0n) is 11.8. The van der Waals surface area contributed by atoms with E-state index in [0.29, 0.717) is 12.2 Å². The molecule has 0 aliphatic carbocycles. The molecule has 2 aliphatic heterocycles. The van der Waals surface area contributed by atoms with E-state index in [0.717, 1.165) is 24.8 Å². The largest absolute Gasteiger partial charge is 0.497 e. The number of methoxy groups -OCH3 is 1. The van der Waals surface area contributed by atoms with Crippen molar-refractivity contribution in [3.8, 4) is 5.75 Å². The topological polar surface area (TPSA) is 21.7 Å². The Morgan fingerprint density at radius 1 is 1.32 bits per heavy atom. The smallest absolute Gasteiger partial charge is 0.118 e. The molecule has 0 aromatic heterocycles. The van der Waals surface area contributed by atoms with Crippen molar-refractivity contribution in [2.75, 3.05) is 20.2 Å². The van der Waals surface area contributed by atoms with Crippen LogP contribution < -0.4 is 4.74 Å². The average molecular weight is 261 g/mol. The zero-order chi connectivity index (χ0) is 13.2. The molecule has 0 unspecified atom stereocenters. The molecule has 0 bridgehead atoms. The van der Waals surface area contributed by atoms with Crippen molar-refractivity contribution in [2.45, 2.75) is 38.5 Å². The molecule has 0 saturated carbocycles. The van der Waals surface area contributed by atoms with Crippen molar-refractivity contribution in [1.29, 1.82) is 0 Å². The quantitative estimate of drug-likeness (QED) is 0.835. The number of nitrogens with zero attached hydrogens (tertiary/aromatic N) is 1. The van der Waals surface area contributed by atoms with Gasteiger partial charge in [-0.05, 0) is 37.5 Å². The molecule has 2 fully saturated rings. The van der Waals surface area contributed by atoms with Crippen LogP contribution in [-0.2, 0) is 11.3 Å². The van der Waals surface area contributed by atoms with E-state index in [4.69, 9.17) is 9.47 Å².